The molecule has 0 atom stereocenters. The van der Waals surface area contributed by atoms with Gasteiger partial charge in [-0.2, -0.15) is 0 Å². The first-order valence-corrected chi connectivity index (χ1v) is 10.7. The fourth-order valence-corrected chi connectivity index (χ4v) is 3.89. The lowest BCUT2D eigenvalue weighted by Gasteiger charge is -2.18. The van der Waals surface area contributed by atoms with Gasteiger partial charge in [0, 0.05) is 18.3 Å². The van der Waals surface area contributed by atoms with E-state index in [9.17, 15) is 14.4 Å². The molecule has 3 aromatic carbocycles. The Labute approximate surface area is 192 Å². The van der Waals surface area contributed by atoms with Crippen molar-refractivity contribution in [1.29, 1.82) is 0 Å². The van der Waals surface area contributed by atoms with Gasteiger partial charge in [0.15, 0.2) is 0 Å². The number of carbonyl (C=O) groups is 3. The van der Waals surface area contributed by atoms with Crippen LogP contribution in [0, 0.1) is 20.8 Å². The third-order valence-electron chi connectivity index (χ3n) is 5.49. The van der Waals surface area contributed by atoms with Gasteiger partial charge in [-0.15, -0.1) is 0 Å². The lowest BCUT2D eigenvalue weighted by atomic mass is 10.0. The maximum Gasteiger partial charge on any atom is 0.282 e. The highest BCUT2D eigenvalue weighted by Gasteiger charge is 2.40. The van der Waals surface area contributed by atoms with E-state index in [0.29, 0.717) is 28.2 Å². The molecule has 0 bridgehead atoms. The predicted molar refractivity (Wildman–Crippen MR) is 131 cm³/mol. The molecule has 1 heterocycles. The molecule has 166 valence electrons. The number of anilines is 3. The van der Waals surface area contributed by atoms with Crippen LogP contribution in [-0.4, -0.2) is 17.7 Å². The zero-order chi connectivity index (χ0) is 23.7. The average molecular weight is 440 g/mol. The summed E-state index contributed by atoms with van der Waals surface area (Å²) in [6, 6.07) is 20.2. The van der Waals surface area contributed by atoms with Gasteiger partial charge < -0.3 is 10.6 Å². The van der Waals surface area contributed by atoms with Gasteiger partial charge >= 0.3 is 0 Å². The second-order valence-corrected chi connectivity index (χ2v) is 8.24. The van der Waals surface area contributed by atoms with Crippen LogP contribution >= 0.6 is 0 Å². The third kappa shape index (κ3) is 4.41. The first-order valence-electron chi connectivity index (χ1n) is 10.7. The summed E-state index contributed by atoms with van der Waals surface area (Å²) in [6.07, 6.45) is 0. The summed E-state index contributed by atoms with van der Waals surface area (Å²) in [7, 11) is 0. The van der Waals surface area contributed by atoms with Crippen LogP contribution in [0.4, 0.5) is 17.1 Å². The summed E-state index contributed by atoms with van der Waals surface area (Å²) >= 11 is 0. The molecule has 6 heteroatoms. The average Bonchev–Trinajstić information content (AvgIpc) is 3.00. The zero-order valence-corrected chi connectivity index (χ0v) is 19.0. The maximum atomic E-state index is 13.6. The Balaban J connectivity index is 1.76. The molecule has 0 spiro atoms. The van der Waals surface area contributed by atoms with Gasteiger partial charge in [-0.05, 0) is 62.2 Å². The predicted octanol–water partition coefficient (Wildman–Crippen LogP) is 4.97. The number of rotatable bonds is 5. The SMILES string of the molecule is CC(=O)Nc1ccc(NC2=C(c3ccc(C)cc3)C(=O)N(c3ccc(C)cc3C)C2=O)cc1. The molecule has 0 unspecified atom stereocenters. The summed E-state index contributed by atoms with van der Waals surface area (Å²) in [5.74, 6) is -0.942. The molecule has 0 aliphatic carbocycles. The molecule has 1 aliphatic heterocycles. The van der Waals surface area contributed by atoms with Crippen molar-refractivity contribution in [2.75, 3.05) is 15.5 Å². The van der Waals surface area contributed by atoms with Gasteiger partial charge in [-0.1, -0.05) is 47.5 Å². The lowest BCUT2D eigenvalue weighted by Crippen LogP contribution is -2.33. The van der Waals surface area contributed by atoms with Crippen LogP contribution in [0.3, 0.4) is 0 Å². The molecule has 2 N–H and O–H groups in total. The highest BCUT2D eigenvalue weighted by atomic mass is 16.2. The number of aryl methyl sites for hydroxylation is 3. The maximum absolute atomic E-state index is 13.6. The van der Waals surface area contributed by atoms with Gasteiger partial charge in [0.1, 0.15) is 5.70 Å². The molecule has 3 amide bonds. The van der Waals surface area contributed by atoms with Crippen molar-refractivity contribution < 1.29 is 14.4 Å². The van der Waals surface area contributed by atoms with Crippen molar-refractivity contribution >= 4 is 40.4 Å². The lowest BCUT2D eigenvalue weighted by molar-refractivity contribution is -0.120. The molecule has 0 radical (unpaired) electrons. The van der Waals surface area contributed by atoms with Gasteiger partial charge in [-0.3, -0.25) is 14.4 Å². The Bertz CT molecular complexity index is 1290. The minimum Gasteiger partial charge on any atom is -0.350 e. The van der Waals surface area contributed by atoms with Gasteiger partial charge in [0.25, 0.3) is 11.8 Å². The number of benzene rings is 3. The topological polar surface area (TPSA) is 78.5 Å². The van der Waals surface area contributed by atoms with Crippen molar-refractivity contribution in [1.82, 2.24) is 0 Å². The highest BCUT2D eigenvalue weighted by Crippen LogP contribution is 2.35. The molecule has 6 nitrogen and oxygen atoms in total. The van der Waals surface area contributed by atoms with E-state index < -0.39 is 5.91 Å². The Morgan fingerprint density at radius 2 is 1.36 bits per heavy atom. The highest BCUT2D eigenvalue weighted by molar-refractivity contribution is 6.46. The Kier molecular flexibility index (Phi) is 5.84. The Morgan fingerprint density at radius 1 is 0.758 bits per heavy atom. The first-order chi connectivity index (χ1) is 15.7. The quantitative estimate of drug-likeness (QED) is 0.551. The smallest absolute Gasteiger partial charge is 0.282 e. The molecular formula is C27H25N3O3. The Hall–Kier alpha value is -4.19. The van der Waals surface area contributed by atoms with E-state index in [-0.39, 0.29) is 17.5 Å². The van der Waals surface area contributed by atoms with Crippen molar-refractivity contribution in [2.45, 2.75) is 27.7 Å². The molecule has 0 fully saturated rings. The number of hydrogen-bond donors (Lipinski definition) is 2. The normalized spacial score (nSPS) is 13.5. The fourth-order valence-electron chi connectivity index (χ4n) is 3.89. The number of amides is 3. The third-order valence-corrected chi connectivity index (χ3v) is 5.49. The molecule has 1 aliphatic rings. The zero-order valence-electron chi connectivity index (χ0n) is 19.0. The van der Waals surface area contributed by atoms with Crippen molar-refractivity contribution in [3.8, 4) is 0 Å². The summed E-state index contributed by atoms with van der Waals surface area (Å²) < 4.78 is 0. The van der Waals surface area contributed by atoms with E-state index in [2.05, 4.69) is 10.6 Å². The largest absolute Gasteiger partial charge is 0.350 e. The van der Waals surface area contributed by atoms with E-state index in [1.807, 2.05) is 57.2 Å². The molecule has 0 saturated carbocycles. The number of imide groups is 1. The molecule has 33 heavy (non-hydrogen) atoms. The summed E-state index contributed by atoms with van der Waals surface area (Å²) in [4.78, 5) is 39.6. The fraction of sp³-hybridized carbons (Fsp3) is 0.148. The van der Waals surface area contributed by atoms with Gasteiger partial charge in [-0.25, -0.2) is 4.90 Å². The standard InChI is InChI=1S/C27H25N3O3/c1-16-5-8-20(9-6-16)24-25(29-22-12-10-21(11-13-22)28-19(4)31)27(33)30(26(24)32)23-14-7-17(2)15-18(23)3/h5-15,29H,1-4H3,(H,28,31). The van der Waals surface area contributed by atoms with E-state index in [0.717, 1.165) is 16.7 Å². The number of hydrogen-bond acceptors (Lipinski definition) is 4. The second-order valence-electron chi connectivity index (χ2n) is 8.24. The van der Waals surface area contributed by atoms with Crippen molar-refractivity contribution in [2.24, 2.45) is 0 Å². The van der Waals surface area contributed by atoms with Crippen LogP contribution in [-0.2, 0) is 14.4 Å². The first kappa shape index (κ1) is 22.0. The number of nitrogens with zero attached hydrogens (tertiary/aromatic N) is 1. The number of carbonyl (C=O) groups excluding carboxylic acids is 3. The van der Waals surface area contributed by atoms with Crippen LogP contribution in [0.2, 0.25) is 0 Å². The molecule has 0 saturated heterocycles. The Morgan fingerprint density at radius 3 is 1.97 bits per heavy atom. The molecular weight excluding hydrogens is 414 g/mol. The van der Waals surface area contributed by atoms with Crippen LogP contribution in [0.25, 0.3) is 5.57 Å². The summed E-state index contributed by atoms with van der Waals surface area (Å²) in [5.41, 5.74) is 6.02. The van der Waals surface area contributed by atoms with Crippen LogP contribution < -0.4 is 15.5 Å². The monoisotopic (exact) mass is 439 g/mol. The van der Waals surface area contributed by atoms with Crippen LogP contribution in [0.1, 0.15) is 29.2 Å². The summed E-state index contributed by atoms with van der Waals surface area (Å²) in [5, 5.41) is 5.86. The minimum absolute atomic E-state index is 0.166. The molecule has 3 aromatic rings. The number of nitrogens with one attached hydrogen (secondary N) is 2. The molecule has 4 rings (SSSR count). The van der Waals surface area contributed by atoms with E-state index >= 15 is 0 Å². The summed E-state index contributed by atoms with van der Waals surface area (Å²) in [6.45, 7) is 7.27. The minimum atomic E-state index is -0.409. The molecule has 0 aromatic heterocycles. The van der Waals surface area contributed by atoms with E-state index in [1.165, 1.54) is 11.8 Å². The van der Waals surface area contributed by atoms with Crippen molar-refractivity contribution in [3.05, 3.63) is 94.7 Å². The van der Waals surface area contributed by atoms with E-state index in [1.54, 1.807) is 30.3 Å². The van der Waals surface area contributed by atoms with Gasteiger partial charge in [0.05, 0.1) is 11.3 Å². The van der Waals surface area contributed by atoms with Crippen LogP contribution in [0.15, 0.2) is 72.4 Å². The second kappa shape index (κ2) is 8.74. The van der Waals surface area contributed by atoms with Crippen LogP contribution in [0.5, 0.6) is 0 Å². The van der Waals surface area contributed by atoms with Gasteiger partial charge in [0.2, 0.25) is 5.91 Å². The van der Waals surface area contributed by atoms with Crippen molar-refractivity contribution in [3.63, 3.8) is 0 Å². The van der Waals surface area contributed by atoms with E-state index in [4.69, 9.17) is 0 Å².